The summed E-state index contributed by atoms with van der Waals surface area (Å²) in [5, 5.41) is 4.97. The Kier molecular flexibility index (Phi) is 2.94. The lowest BCUT2D eigenvalue weighted by Crippen LogP contribution is -2.13. The van der Waals surface area contributed by atoms with Gasteiger partial charge in [-0.15, -0.1) is 0 Å². The van der Waals surface area contributed by atoms with Crippen molar-refractivity contribution in [1.82, 2.24) is 0 Å². The fraction of sp³-hybridized carbons (Fsp3) is 0.143. The largest absolute Gasteiger partial charge is 0.495 e. The number of hydrogen-bond acceptors (Lipinski definition) is 3. The van der Waals surface area contributed by atoms with E-state index in [0.29, 0.717) is 4.47 Å². The maximum Gasteiger partial charge on any atom is 0.241 e. The van der Waals surface area contributed by atoms with Crippen molar-refractivity contribution in [2.45, 2.75) is 4.90 Å². The highest BCUT2D eigenvalue weighted by Crippen LogP contribution is 2.25. The molecule has 0 bridgehead atoms. The number of ether oxygens (including phenoxy) is 1. The number of methoxy groups -OCH3 is 1. The van der Waals surface area contributed by atoms with Gasteiger partial charge in [0.2, 0.25) is 10.0 Å². The molecule has 0 aliphatic rings. The van der Waals surface area contributed by atoms with Gasteiger partial charge in [-0.25, -0.2) is 13.6 Å². The van der Waals surface area contributed by atoms with Crippen LogP contribution in [0.15, 0.2) is 27.6 Å². The van der Waals surface area contributed by atoms with Crippen LogP contribution < -0.4 is 9.88 Å². The van der Waals surface area contributed by atoms with Crippen LogP contribution in [0.5, 0.6) is 5.75 Å². The Morgan fingerprint density at radius 2 is 2.08 bits per heavy atom. The molecule has 0 fully saturated rings. The first-order valence-electron chi connectivity index (χ1n) is 3.31. The van der Waals surface area contributed by atoms with Crippen molar-refractivity contribution < 1.29 is 13.2 Å². The molecule has 13 heavy (non-hydrogen) atoms. The minimum absolute atomic E-state index is 0.0237. The van der Waals surface area contributed by atoms with Crippen LogP contribution >= 0.6 is 15.9 Å². The highest BCUT2D eigenvalue weighted by molar-refractivity contribution is 9.10. The smallest absolute Gasteiger partial charge is 0.241 e. The van der Waals surface area contributed by atoms with Crippen LogP contribution in [-0.4, -0.2) is 15.5 Å². The topological polar surface area (TPSA) is 69.4 Å². The van der Waals surface area contributed by atoms with E-state index in [-0.39, 0.29) is 10.6 Å². The number of sulfonamides is 1. The molecule has 0 unspecified atom stereocenters. The van der Waals surface area contributed by atoms with Gasteiger partial charge in [0.25, 0.3) is 0 Å². The first kappa shape index (κ1) is 10.5. The van der Waals surface area contributed by atoms with Gasteiger partial charge >= 0.3 is 0 Å². The molecule has 0 aromatic heterocycles. The Morgan fingerprint density at radius 3 is 2.54 bits per heavy atom. The molecular formula is C7H8BrNO3S. The lowest BCUT2D eigenvalue weighted by molar-refractivity contribution is 0.402. The maximum atomic E-state index is 11.0. The predicted molar refractivity (Wildman–Crippen MR) is 52.1 cm³/mol. The van der Waals surface area contributed by atoms with Crippen molar-refractivity contribution in [2.24, 2.45) is 5.14 Å². The molecule has 1 rings (SSSR count). The zero-order valence-corrected chi connectivity index (χ0v) is 9.22. The highest BCUT2D eigenvalue weighted by atomic mass is 79.9. The first-order valence-corrected chi connectivity index (χ1v) is 5.65. The fourth-order valence-electron chi connectivity index (χ4n) is 0.873. The van der Waals surface area contributed by atoms with Crippen molar-refractivity contribution in [2.75, 3.05) is 7.11 Å². The van der Waals surface area contributed by atoms with E-state index in [0.717, 1.165) is 0 Å². The summed E-state index contributed by atoms with van der Waals surface area (Å²) >= 11 is 3.14. The van der Waals surface area contributed by atoms with Crippen LogP contribution in [-0.2, 0) is 10.0 Å². The summed E-state index contributed by atoms with van der Waals surface area (Å²) in [6.07, 6.45) is 0. The molecule has 0 radical (unpaired) electrons. The maximum absolute atomic E-state index is 11.0. The molecule has 0 aliphatic carbocycles. The minimum atomic E-state index is -3.72. The molecule has 1 aromatic carbocycles. The van der Waals surface area contributed by atoms with E-state index in [9.17, 15) is 8.42 Å². The second-order valence-corrected chi connectivity index (χ2v) is 4.79. The Morgan fingerprint density at radius 1 is 1.46 bits per heavy atom. The lowest BCUT2D eigenvalue weighted by atomic mass is 10.3. The number of halogens is 1. The Hall–Kier alpha value is -0.590. The quantitative estimate of drug-likeness (QED) is 0.871. The molecule has 0 spiro atoms. The van der Waals surface area contributed by atoms with Crippen LogP contribution in [0.4, 0.5) is 0 Å². The summed E-state index contributed by atoms with van der Waals surface area (Å²) in [7, 11) is -2.34. The van der Waals surface area contributed by atoms with Crippen molar-refractivity contribution in [3.63, 3.8) is 0 Å². The summed E-state index contributed by atoms with van der Waals surface area (Å²) in [5.41, 5.74) is 0. The van der Waals surface area contributed by atoms with E-state index in [1.54, 1.807) is 6.07 Å². The van der Waals surface area contributed by atoms with E-state index in [1.165, 1.54) is 19.2 Å². The summed E-state index contributed by atoms with van der Waals surface area (Å²) in [6.45, 7) is 0. The van der Waals surface area contributed by atoms with E-state index in [1.807, 2.05) is 0 Å². The molecule has 6 heteroatoms. The SMILES string of the molecule is COc1ccc(Br)cc1S(N)(=O)=O. The van der Waals surface area contributed by atoms with E-state index in [2.05, 4.69) is 15.9 Å². The molecule has 0 amide bonds. The normalized spacial score (nSPS) is 11.3. The van der Waals surface area contributed by atoms with Gasteiger partial charge in [-0.05, 0) is 18.2 Å². The molecule has 0 saturated heterocycles. The molecule has 1 aromatic rings. The molecule has 0 atom stereocenters. The first-order chi connectivity index (χ1) is 5.95. The standard InChI is InChI=1S/C7H8BrNO3S/c1-12-6-3-2-5(8)4-7(6)13(9,10)11/h2-4H,1H3,(H2,9,10,11). The number of nitrogens with two attached hydrogens (primary N) is 1. The average Bonchev–Trinajstić information content (AvgIpc) is 2.03. The van der Waals surface area contributed by atoms with Crippen molar-refractivity contribution in [3.05, 3.63) is 22.7 Å². The highest BCUT2D eigenvalue weighted by Gasteiger charge is 2.14. The van der Waals surface area contributed by atoms with Crippen LogP contribution in [0.25, 0.3) is 0 Å². The van der Waals surface area contributed by atoms with Crippen LogP contribution in [0.3, 0.4) is 0 Å². The summed E-state index contributed by atoms with van der Waals surface area (Å²) in [5.74, 6) is 0.241. The van der Waals surface area contributed by atoms with Crippen LogP contribution in [0.2, 0.25) is 0 Å². The molecular weight excluding hydrogens is 258 g/mol. The van der Waals surface area contributed by atoms with Crippen molar-refractivity contribution in [3.8, 4) is 5.75 Å². The number of benzene rings is 1. The van der Waals surface area contributed by atoms with Gasteiger partial charge in [-0.3, -0.25) is 0 Å². The third kappa shape index (κ3) is 2.43. The van der Waals surface area contributed by atoms with E-state index < -0.39 is 10.0 Å². The third-order valence-corrected chi connectivity index (χ3v) is 2.86. The molecule has 0 saturated carbocycles. The van der Waals surface area contributed by atoms with Crippen molar-refractivity contribution in [1.29, 1.82) is 0 Å². The van der Waals surface area contributed by atoms with Gasteiger partial charge in [0.1, 0.15) is 10.6 Å². The second-order valence-electron chi connectivity index (χ2n) is 2.34. The Labute approximate surface area is 84.9 Å². The van der Waals surface area contributed by atoms with Gasteiger partial charge in [-0.1, -0.05) is 15.9 Å². The fourth-order valence-corrected chi connectivity index (χ4v) is 2.11. The monoisotopic (exact) mass is 265 g/mol. The molecule has 72 valence electrons. The van der Waals surface area contributed by atoms with Crippen LogP contribution in [0, 0.1) is 0 Å². The predicted octanol–water partition coefficient (Wildman–Crippen LogP) is 1.11. The van der Waals surface area contributed by atoms with Gasteiger partial charge in [0.05, 0.1) is 7.11 Å². The summed E-state index contributed by atoms with van der Waals surface area (Å²) in [4.78, 5) is -0.0237. The molecule has 0 heterocycles. The Balaban J connectivity index is 3.41. The third-order valence-electron chi connectivity index (χ3n) is 1.43. The van der Waals surface area contributed by atoms with Gasteiger partial charge in [-0.2, -0.15) is 0 Å². The molecule has 2 N–H and O–H groups in total. The molecule has 4 nitrogen and oxygen atoms in total. The summed E-state index contributed by atoms with van der Waals surface area (Å²) in [6, 6.07) is 4.60. The zero-order valence-electron chi connectivity index (χ0n) is 6.82. The van der Waals surface area contributed by atoms with Crippen LogP contribution in [0.1, 0.15) is 0 Å². The number of primary sulfonamides is 1. The lowest BCUT2D eigenvalue weighted by Gasteiger charge is -2.05. The molecule has 0 aliphatic heterocycles. The van der Waals surface area contributed by atoms with Gasteiger partial charge < -0.3 is 4.74 Å². The number of hydrogen-bond donors (Lipinski definition) is 1. The zero-order chi connectivity index (χ0) is 10.1. The minimum Gasteiger partial charge on any atom is -0.495 e. The van der Waals surface area contributed by atoms with Gasteiger partial charge in [0, 0.05) is 4.47 Å². The van der Waals surface area contributed by atoms with E-state index in [4.69, 9.17) is 9.88 Å². The number of rotatable bonds is 2. The second kappa shape index (κ2) is 3.65. The van der Waals surface area contributed by atoms with Gasteiger partial charge in [0.15, 0.2) is 0 Å². The van der Waals surface area contributed by atoms with Crippen molar-refractivity contribution >= 4 is 26.0 Å². The van der Waals surface area contributed by atoms with E-state index >= 15 is 0 Å². The summed E-state index contributed by atoms with van der Waals surface area (Å²) < 4.78 is 27.6. The average molecular weight is 266 g/mol. The Bertz CT molecular complexity index is 416.